The molecule has 10 nitrogen and oxygen atoms in total. The quantitative estimate of drug-likeness (QED) is 0.412. The minimum atomic E-state index is -1.11. The second-order valence-corrected chi connectivity index (χ2v) is 6.49. The number of carbonyl (C=O) groups is 2. The molecule has 3 rings (SSSR count). The first-order valence-corrected chi connectivity index (χ1v) is 9.04. The number of amides is 2. The average Bonchev–Trinajstić information content (AvgIpc) is 3.03. The van der Waals surface area contributed by atoms with Gasteiger partial charge in [-0.25, -0.2) is 13.6 Å². The Morgan fingerprint density at radius 2 is 1.87 bits per heavy atom. The number of nitro benzene ring substituents is 1. The van der Waals surface area contributed by atoms with Crippen molar-refractivity contribution in [3.05, 3.63) is 68.7 Å². The predicted octanol–water partition coefficient (Wildman–Crippen LogP) is 2.32. The van der Waals surface area contributed by atoms with Gasteiger partial charge >= 0.3 is 5.76 Å². The van der Waals surface area contributed by atoms with Gasteiger partial charge in [-0.1, -0.05) is 0 Å². The molecule has 3 aromatic rings. The molecule has 0 spiro atoms. The van der Waals surface area contributed by atoms with Gasteiger partial charge in [-0.15, -0.1) is 0 Å². The third-order valence-electron chi connectivity index (χ3n) is 4.30. The molecular formula is C19H16F2N4O6. The van der Waals surface area contributed by atoms with Crippen molar-refractivity contribution in [2.75, 3.05) is 11.9 Å². The van der Waals surface area contributed by atoms with E-state index in [1.807, 2.05) is 0 Å². The first-order chi connectivity index (χ1) is 14.7. The summed E-state index contributed by atoms with van der Waals surface area (Å²) >= 11 is 0. The Labute approximate surface area is 172 Å². The van der Waals surface area contributed by atoms with Crippen LogP contribution in [0, 0.1) is 21.7 Å². The van der Waals surface area contributed by atoms with Crippen molar-refractivity contribution in [1.29, 1.82) is 0 Å². The maximum absolute atomic E-state index is 13.1. The molecule has 12 heteroatoms. The number of nitro groups is 1. The monoisotopic (exact) mass is 434 g/mol. The van der Waals surface area contributed by atoms with E-state index in [-0.39, 0.29) is 42.9 Å². The number of oxazole rings is 1. The van der Waals surface area contributed by atoms with Crippen LogP contribution >= 0.6 is 0 Å². The van der Waals surface area contributed by atoms with Gasteiger partial charge in [0.2, 0.25) is 11.8 Å². The molecule has 2 N–H and O–H groups in total. The van der Waals surface area contributed by atoms with Gasteiger partial charge in [-0.2, -0.15) is 0 Å². The minimum absolute atomic E-state index is 0.00937. The molecule has 0 unspecified atom stereocenters. The van der Waals surface area contributed by atoms with Crippen LogP contribution in [0.5, 0.6) is 0 Å². The highest BCUT2D eigenvalue weighted by molar-refractivity contribution is 5.94. The number of anilines is 1. The molecule has 0 saturated carbocycles. The Balaban J connectivity index is 1.48. The van der Waals surface area contributed by atoms with E-state index in [2.05, 4.69) is 10.6 Å². The first-order valence-electron chi connectivity index (χ1n) is 9.04. The lowest BCUT2D eigenvalue weighted by molar-refractivity contribution is -0.384. The zero-order chi connectivity index (χ0) is 22.5. The summed E-state index contributed by atoms with van der Waals surface area (Å²) in [5, 5.41) is 15.5. The molecule has 0 aliphatic heterocycles. The SMILES string of the molecule is O=C(CCCn1c(=O)oc2cc([N+](=O)[O-])ccc21)NCC(=O)Nc1ccc(F)c(F)c1. The van der Waals surface area contributed by atoms with Crippen LogP contribution in [0.3, 0.4) is 0 Å². The van der Waals surface area contributed by atoms with Gasteiger partial charge in [0.15, 0.2) is 17.2 Å². The maximum atomic E-state index is 13.1. The summed E-state index contributed by atoms with van der Waals surface area (Å²) in [4.78, 5) is 45.8. The van der Waals surface area contributed by atoms with Crippen molar-refractivity contribution in [3.63, 3.8) is 0 Å². The number of aryl methyl sites for hydroxylation is 1. The van der Waals surface area contributed by atoms with Crippen molar-refractivity contribution in [3.8, 4) is 0 Å². The zero-order valence-corrected chi connectivity index (χ0v) is 15.9. The number of benzene rings is 2. The summed E-state index contributed by atoms with van der Waals surface area (Å²) in [6.07, 6.45) is 0.229. The minimum Gasteiger partial charge on any atom is -0.407 e. The predicted molar refractivity (Wildman–Crippen MR) is 104 cm³/mol. The second-order valence-electron chi connectivity index (χ2n) is 6.49. The highest BCUT2D eigenvalue weighted by Crippen LogP contribution is 2.20. The molecule has 0 aliphatic rings. The molecule has 31 heavy (non-hydrogen) atoms. The van der Waals surface area contributed by atoms with Gasteiger partial charge in [-0.05, 0) is 24.6 Å². The molecule has 162 valence electrons. The van der Waals surface area contributed by atoms with Crippen molar-refractivity contribution in [1.82, 2.24) is 9.88 Å². The fourth-order valence-corrected chi connectivity index (χ4v) is 2.82. The number of nitrogens with one attached hydrogen (secondary N) is 2. The van der Waals surface area contributed by atoms with Crippen LogP contribution < -0.4 is 16.4 Å². The van der Waals surface area contributed by atoms with E-state index in [1.54, 1.807) is 0 Å². The number of non-ortho nitro benzene ring substituents is 1. The zero-order valence-electron chi connectivity index (χ0n) is 15.9. The fraction of sp³-hybridized carbons (Fsp3) is 0.211. The third-order valence-corrected chi connectivity index (χ3v) is 4.30. The molecule has 2 aromatic carbocycles. The number of carbonyl (C=O) groups excluding carboxylic acids is 2. The van der Waals surface area contributed by atoms with Gasteiger partial charge in [0.05, 0.1) is 23.1 Å². The lowest BCUT2D eigenvalue weighted by Crippen LogP contribution is -2.33. The van der Waals surface area contributed by atoms with Gasteiger partial charge in [0.1, 0.15) is 0 Å². The molecule has 1 heterocycles. The number of nitrogens with zero attached hydrogens (tertiary/aromatic N) is 2. The molecule has 0 fully saturated rings. The Morgan fingerprint density at radius 1 is 1.10 bits per heavy atom. The lowest BCUT2D eigenvalue weighted by Gasteiger charge is -2.07. The highest BCUT2D eigenvalue weighted by Gasteiger charge is 2.14. The third kappa shape index (κ3) is 5.29. The van der Waals surface area contributed by atoms with Crippen LogP contribution in [-0.4, -0.2) is 27.8 Å². The van der Waals surface area contributed by atoms with E-state index in [0.717, 1.165) is 18.2 Å². The number of hydrogen-bond donors (Lipinski definition) is 2. The van der Waals surface area contributed by atoms with Crippen LogP contribution in [0.25, 0.3) is 11.1 Å². The topological polar surface area (TPSA) is 136 Å². The number of aromatic nitrogens is 1. The summed E-state index contributed by atoms with van der Waals surface area (Å²) in [6.45, 7) is -0.256. The standard InChI is InChI=1S/C19H16F2N4O6/c20-13-5-3-11(8-14(13)21)23-18(27)10-22-17(26)2-1-7-24-15-6-4-12(25(29)30)9-16(15)31-19(24)28/h3-6,8-9H,1-2,7,10H2,(H,22,26)(H,23,27). The normalized spacial score (nSPS) is 10.8. The Bertz CT molecular complexity index is 1220. The summed E-state index contributed by atoms with van der Waals surface area (Å²) < 4.78 is 32.2. The summed E-state index contributed by atoms with van der Waals surface area (Å²) in [6, 6.07) is 6.64. The van der Waals surface area contributed by atoms with E-state index < -0.39 is 34.1 Å². The van der Waals surface area contributed by atoms with E-state index >= 15 is 0 Å². The molecule has 0 saturated heterocycles. The largest absolute Gasteiger partial charge is 0.419 e. The summed E-state index contributed by atoms with van der Waals surface area (Å²) in [7, 11) is 0. The van der Waals surface area contributed by atoms with E-state index in [4.69, 9.17) is 4.42 Å². The van der Waals surface area contributed by atoms with Crippen molar-refractivity contribution >= 4 is 34.3 Å². The molecule has 0 aliphatic carbocycles. The average molecular weight is 434 g/mol. The van der Waals surface area contributed by atoms with Crippen LogP contribution in [-0.2, 0) is 16.1 Å². The van der Waals surface area contributed by atoms with E-state index in [0.29, 0.717) is 5.52 Å². The molecule has 0 bridgehead atoms. The Hall–Kier alpha value is -4.09. The second kappa shape index (κ2) is 9.15. The van der Waals surface area contributed by atoms with Crippen LogP contribution in [0.1, 0.15) is 12.8 Å². The summed E-state index contributed by atoms with van der Waals surface area (Å²) in [5.41, 5.74) is 0.262. The van der Waals surface area contributed by atoms with Crippen molar-refractivity contribution in [2.45, 2.75) is 19.4 Å². The molecule has 1 aromatic heterocycles. The highest BCUT2D eigenvalue weighted by atomic mass is 19.2. The van der Waals surface area contributed by atoms with Crippen LogP contribution in [0.4, 0.5) is 20.2 Å². The van der Waals surface area contributed by atoms with Gasteiger partial charge in [-0.3, -0.25) is 24.3 Å². The number of halogens is 2. The van der Waals surface area contributed by atoms with Crippen LogP contribution in [0.2, 0.25) is 0 Å². The lowest BCUT2D eigenvalue weighted by atomic mass is 10.2. The number of hydrogen-bond acceptors (Lipinski definition) is 6. The Kier molecular flexibility index (Phi) is 6.38. The van der Waals surface area contributed by atoms with Crippen molar-refractivity contribution < 1.29 is 27.7 Å². The summed E-state index contributed by atoms with van der Waals surface area (Å²) in [5.74, 6) is -3.95. The maximum Gasteiger partial charge on any atom is 0.419 e. The van der Waals surface area contributed by atoms with E-state index in [1.165, 1.54) is 22.8 Å². The fourth-order valence-electron chi connectivity index (χ4n) is 2.82. The molecule has 0 atom stereocenters. The molecule has 2 amide bonds. The first kappa shape index (κ1) is 21.6. The van der Waals surface area contributed by atoms with Gasteiger partial charge in [0, 0.05) is 30.8 Å². The van der Waals surface area contributed by atoms with Gasteiger partial charge < -0.3 is 15.1 Å². The number of rotatable bonds is 8. The Morgan fingerprint density at radius 3 is 2.58 bits per heavy atom. The van der Waals surface area contributed by atoms with Crippen LogP contribution in [0.15, 0.2) is 45.6 Å². The number of fused-ring (bicyclic) bond motifs is 1. The molecule has 0 radical (unpaired) electrons. The smallest absolute Gasteiger partial charge is 0.407 e. The van der Waals surface area contributed by atoms with Gasteiger partial charge in [0.25, 0.3) is 5.69 Å². The van der Waals surface area contributed by atoms with Crippen molar-refractivity contribution in [2.24, 2.45) is 0 Å². The molecular weight excluding hydrogens is 418 g/mol. The van der Waals surface area contributed by atoms with E-state index in [9.17, 15) is 33.3 Å².